The van der Waals surface area contributed by atoms with Crippen LogP contribution in [0.3, 0.4) is 0 Å². The average Bonchev–Trinajstić information content (AvgIpc) is 3.25. The van der Waals surface area contributed by atoms with Gasteiger partial charge in [-0.15, -0.1) is 0 Å². The SMILES string of the molecule is O=C(NC1CCN(c2ncccn2)CC1)c1cnn(-c2ccc([N+](=O)[O-])cc2)c1. The van der Waals surface area contributed by atoms with Crippen LogP contribution in [0.5, 0.6) is 0 Å². The van der Waals surface area contributed by atoms with Gasteiger partial charge in [-0.3, -0.25) is 14.9 Å². The summed E-state index contributed by atoms with van der Waals surface area (Å²) in [6.45, 7) is 1.55. The summed E-state index contributed by atoms with van der Waals surface area (Å²) in [6, 6.07) is 7.85. The van der Waals surface area contributed by atoms with Crippen LogP contribution < -0.4 is 10.2 Å². The number of carbonyl (C=O) groups is 1. The van der Waals surface area contributed by atoms with Crippen molar-refractivity contribution in [1.29, 1.82) is 0 Å². The van der Waals surface area contributed by atoms with Crippen LogP contribution in [-0.2, 0) is 0 Å². The predicted molar refractivity (Wildman–Crippen MR) is 105 cm³/mol. The quantitative estimate of drug-likeness (QED) is 0.520. The summed E-state index contributed by atoms with van der Waals surface area (Å²) in [5, 5.41) is 18.0. The number of non-ortho nitro benzene ring substituents is 1. The molecule has 29 heavy (non-hydrogen) atoms. The molecule has 10 nitrogen and oxygen atoms in total. The first-order chi connectivity index (χ1) is 14.1. The summed E-state index contributed by atoms with van der Waals surface area (Å²) in [4.78, 5) is 33.5. The molecule has 1 N–H and O–H groups in total. The second kappa shape index (κ2) is 8.05. The van der Waals surface area contributed by atoms with Crippen LogP contribution in [0.25, 0.3) is 5.69 Å². The number of piperidine rings is 1. The van der Waals surface area contributed by atoms with Crippen LogP contribution in [0.1, 0.15) is 23.2 Å². The smallest absolute Gasteiger partial charge is 0.269 e. The zero-order chi connectivity index (χ0) is 20.2. The zero-order valence-corrected chi connectivity index (χ0v) is 15.5. The highest BCUT2D eigenvalue weighted by molar-refractivity contribution is 5.94. The Morgan fingerprint density at radius 3 is 2.48 bits per heavy atom. The number of nitrogens with zero attached hydrogens (tertiary/aromatic N) is 6. The van der Waals surface area contributed by atoms with Gasteiger partial charge in [0.1, 0.15) is 0 Å². The first kappa shape index (κ1) is 18.5. The lowest BCUT2D eigenvalue weighted by Crippen LogP contribution is -2.45. The van der Waals surface area contributed by atoms with E-state index in [1.54, 1.807) is 36.8 Å². The summed E-state index contributed by atoms with van der Waals surface area (Å²) < 4.78 is 1.52. The van der Waals surface area contributed by atoms with Gasteiger partial charge in [-0.25, -0.2) is 14.6 Å². The number of hydrogen-bond donors (Lipinski definition) is 1. The van der Waals surface area contributed by atoms with Crippen LogP contribution in [0.15, 0.2) is 55.1 Å². The molecule has 1 saturated heterocycles. The van der Waals surface area contributed by atoms with E-state index in [1.807, 2.05) is 0 Å². The molecule has 0 unspecified atom stereocenters. The van der Waals surface area contributed by atoms with E-state index in [4.69, 9.17) is 0 Å². The monoisotopic (exact) mass is 393 g/mol. The third kappa shape index (κ3) is 4.21. The van der Waals surface area contributed by atoms with Crippen LogP contribution in [0.2, 0.25) is 0 Å². The van der Waals surface area contributed by atoms with Crippen molar-refractivity contribution >= 4 is 17.5 Å². The number of nitro groups is 1. The van der Waals surface area contributed by atoms with E-state index in [1.165, 1.54) is 23.0 Å². The van der Waals surface area contributed by atoms with Gasteiger partial charge in [-0.2, -0.15) is 5.10 Å². The molecule has 3 aromatic rings. The Balaban J connectivity index is 1.34. The van der Waals surface area contributed by atoms with E-state index < -0.39 is 4.92 Å². The second-order valence-electron chi connectivity index (χ2n) is 6.73. The van der Waals surface area contributed by atoms with E-state index >= 15 is 0 Å². The number of nitrogens with one attached hydrogen (secondary N) is 1. The maximum atomic E-state index is 12.6. The second-order valence-corrected chi connectivity index (χ2v) is 6.73. The number of benzene rings is 1. The Labute approximate surface area is 166 Å². The van der Waals surface area contributed by atoms with E-state index in [2.05, 4.69) is 25.3 Å². The molecule has 3 heterocycles. The number of hydrogen-bond acceptors (Lipinski definition) is 7. The molecule has 1 aliphatic rings. The lowest BCUT2D eigenvalue weighted by atomic mass is 10.1. The topological polar surface area (TPSA) is 119 Å². The van der Waals surface area contributed by atoms with Gasteiger partial charge >= 0.3 is 0 Å². The Morgan fingerprint density at radius 1 is 1.14 bits per heavy atom. The summed E-state index contributed by atoms with van der Waals surface area (Å²) in [7, 11) is 0. The fourth-order valence-electron chi connectivity index (χ4n) is 3.26. The predicted octanol–water partition coefficient (Wildman–Crippen LogP) is 1.97. The molecule has 0 atom stereocenters. The van der Waals surface area contributed by atoms with Crippen molar-refractivity contribution in [2.24, 2.45) is 0 Å². The van der Waals surface area contributed by atoms with Crippen molar-refractivity contribution in [3.8, 4) is 5.69 Å². The largest absolute Gasteiger partial charge is 0.349 e. The van der Waals surface area contributed by atoms with Gasteiger partial charge in [-0.1, -0.05) is 0 Å². The van der Waals surface area contributed by atoms with Crippen molar-refractivity contribution in [2.75, 3.05) is 18.0 Å². The molecule has 10 heteroatoms. The molecule has 0 saturated carbocycles. The van der Waals surface area contributed by atoms with Gasteiger partial charge in [0.05, 0.1) is 22.4 Å². The van der Waals surface area contributed by atoms with E-state index in [0.717, 1.165) is 25.9 Å². The van der Waals surface area contributed by atoms with Gasteiger partial charge in [0.2, 0.25) is 5.95 Å². The fraction of sp³-hybridized carbons (Fsp3) is 0.263. The minimum Gasteiger partial charge on any atom is -0.349 e. The molecule has 0 aliphatic carbocycles. The lowest BCUT2D eigenvalue weighted by Gasteiger charge is -2.32. The molecule has 1 aliphatic heterocycles. The first-order valence-corrected chi connectivity index (χ1v) is 9.22. The van der Waals surface area contributed by atoms with Crippen molar-refractivity contribution in [1.82, 2.24) is 25.1 Å². The number of aromatic nitrogens is 4. The number of amides is 1. The molecule has 1 fully saturated rings. The number of anilines is 1. The molecular formula is C19H19N7O3. The Bertz CT molecular complexity index is 996. The van der Waals surface area contributed by atoms with Gasteiger partial charge < -0.3 is 10.2 Å². The van der Waals surface area contributed by atoms with Crippen molar-refractivity contribution in [3.05, 3.63) is 70.8 Å². The third-order valence-corrected chi connectivity index (χ3v) is 4.84. The number of nitro benzene ring substituents is 1. The van der Waals surface area contributed by atoms with E-state index in [-0.39, 0.29) is 17.6 Å². The highest BCUT2D eigenvalue weighted by Crippen LogP contribution is 2.17. The lowest BCUT2D eigenvalue weighted by molar-refractivity contribution is -0.384. The normalized spacial score (nSPS) is 14.6. The summed E-state index contributed by atoms with van der Waals surface area (Å²) in [5.41, 5.74) is 1.09. The maximum absolute atomic E-state index is 12.6. The molecule has 0 radical (unpaired) electrons. The first-order valence-electron chi connectivity index (χ1n) is 9.22. The molecule has 148 valence electrons. The molecule has 1 aromatic carbocycles. The summed E-state index contributed by atoms with van der Waals surface area (Å²) in [5.74, 6) is 0.522. The fourth-order valence-corrected chi connectivity index (χ4v) is 3.26. The van der Waals surface area contributed by atoms with Crippen molar-refractivity contribution in [2.45, 2.75) is 18.9 Å². The highest BCUT2D eigenvalue weighted by atomic mass is 16.6. The number of rotatable bonds is 5. The molecule has 2 aromatic heterocycles. The summed E-state index contributed by atoms with van der Waals surface area (Å²) >= 11 is 0. The molecular weight excluding hydrogens is 374 g/mol. The Morgan fingerprint density at radius 2 is 1.83 bits per heavy atom. The van der Waals surface area contributed by atoms with E-state index in [9.17, 15) is 14.9 Å². The molecule has 4 rings (SSSR count). The van der Waals surface area contributed by atoms with Crippen molar-refractivity contribution in [3.63, 3.8) is 0 Å². The Kier molecular flexibility index (Phi) is 5.14. The summed E-state index contributed by atoms with van der Waals surface area (Å²) in [6.07, 6.45) is 8.16. The van der Waals surface area contributed by atoms with Crippen LogP contribution in [0, 0.1) is 10.1 Å². The Hall–Kier alpha value is -3.82. The van der Waals surface area contributed by atoms with Crippen LogP contribution in [0.4, 0.5) is 11.6 Å². The molecule has 0 spiro atoms. The molecule has 0 bridgehead atoms. The van der Waals surface area contributed by atoms with E-state index in [0.29, 0.717) is 17.2 Å². The van der Waals surface area contributed by atoms with Gasteiger partial charge in [0, 0.05) is 49.9 Å². The van der Waals surface area contributed by atoms with Gasteiger partial charge in [-0.05, 0) is 31.0 Å². The standard InChI is InChI=1S/C19H19N7O3/c27-18(23-15-6-10-24(11-7-15)19-20-8-1-9-21-19)14-12-22-25(13-14)16-2-4-17(5-3-16)26(28)29/h1-5,8-9,12-13,15H,6-7,10-11H2,(H,23,27). The molecule has 1 amide bonds. The minimum atomic E-state index is -0.457. The average molecular weight is 393 g/mol. The van der Waals surface area contributed by atoms with Gasteiger partial charge in [0.15, 0.2) is 0 Å². The maximum Gasteiger partial charge on any atom is 0.269 e. The number of carbonyl (C=O) groups excluding carboxylic acids is 1. The van der Waals surface area contributed by atoms with Gasteiger partial charge in [0.25, 0.3) is 11.6 Å². The van der Waals surface area contributed by atoms with Crippen LogP contribution >= 0.6 is 0 Å². The van der Waals surface area contributed by atoms with Crippen molar-refractivity contribution < 1.29 is 9.72 Å². The minimum absolute atomic E-state index is 0.00566. The third-order valence-electron chi connectivity index (χ3n) is 4.84. The highest BCUT2D eigenvalue weighted by Gasteiger charge is 2.23. The van der Waals surface area contributed by atoms with Crippen LogP contribution in [-0.4, -0.2) is 49.7 Å². The zero-order valence-electron chi connectivity index (χ0n) is 15.5.